The highest BCUT2D eigenvalue weighted by molar-refractivity contribution is 6.02. The Balaban J connectivity index is 0.631. The highest BCUT2D eigenvalue weighted by atomic mass is 16.7. The molecule has 0 aromatic heterocycles. The predicted octanol–water partition coefficient (Wildman–Crippen LogP) is 4.11. The molecule has 7 fully saturated rings. The molecule has 0 bridgehead atoms. The molecule has 2 aromatic rings. The molecule has 81 heavy (non-hydrogen) atoms. The first-order valence-electron chi connectivity index (χ1n) is 28.0. The number of allylic oxidation sites excluding steroid dienone is 4. The van der Waals surface area contributed by atoms with E-state index in [0.717, 1.165) is 56.1 Å². The van der Waals surface area contributed by atoms with E-state index in [1.165, 1.54) is 5.56 Å². The molecule has 6 aliphatic carbocycles. The molecular weight excluding hydrogens is 1050 g/mol. The molecule has 2 aromatic carbocycles. The number of benzene rings is 2. The molecule has 22 heteroatoms. The van der Waals surface area contributed by atoms with Gasteiger partial charge in [0.05, 0.1) is 25.2 Å². The monoisotopic (exact) mass is 1120 g/mol. The van der Waals surface area contributed by atoms with Crippen molar-refractivity contribution in [2.75, 3.05) is 18.5 Å². The minimum Gasteiger partial charge on any atom is -0.481 e. The Bertz CT molecular complexity index is 2930. The Morgan fingerprint density at radius 3 is 2.25 bits per heavy atom. The molecule has 22 nitrogen and oxygen atoms in total. The van der Waals surface area contributed by atoms with E-state index < -0.39 is 127 Å². The minimum atomic E-state index is -1.42. The number of carboxylic acid groups (broad SMARTS) is 1. The van der Waals surface area contributed by atoms with Gasteiger partial charge in [-0.05, 0) is 123 Å². The number of amides is 6. The van der Waals surface area contributed by atoms with Gasteiger partial charge in [0, 0.05) is 59.7 Å². The van der Waals surface area contributed by atoms with Crippen LogP contribution in [0.2, 0.25) is 0 Å². The van der Waals surface area contributed by atoms with Crippen LogP contribution in [0.1, 0.15) is 127 Å². The van der Waals surface area contributed by atoms with Crippen LogP contribution in [-0.4, -0.2) is 123 Å². The van der Waals surface area contributed by atoms with Gasteiger partial charge in [-0.3, -0.25) is 38.4 Å². The van der Waals surface area contributed by atoms with E-state index in [-0.39, 0.29) is 60.9 Å². The topological polar surface area (TPSA) is 320 Å². The molecule has 2 aliphatic heterocycles. The smallest absolute Gasteiger partial charge is 0.407 e. The van der Waals surface area contributed by atoms with E-state index in [9.17, 15) is 63.3 Å². The van der Waals surface area contributed by atoms with Crippen LogP contribution in [0.4, 0.5) is 10.5 Å². The van der Waals surface area contributed by atoms with Gasteiger partial charge in [-0.2, -0.15) is 0 Å². The predicted molar refractivity (Wildman–Crippen MR) is 282 cm³/mol. The summed E-state index contributed by atoms with van der Waals surface area (Å²) in [6, 6.07) is 13.2. The number of hydroxylamine groups is 2. The number of aliphatic carboxylic acids is 1. The Labute approximate surface area is 467 Å². The number of anilines is 1. The van der Waals surface area contributed by atoms with Crippen molar-refractivity contribution < 1.29 is 82.3 Å². The summed E-state index contributed by atoms with van der Waals surface area (Å²) in [5.74, 6) is -5.84. The van der Waals surface area contributed by atoms with E-state index >= 15 is 0 Å². The molecule has 10 rings (SSSR count). The normalized spacial score (nSPS) is 32.6. The lowest BCUT2D eigenvalue weighted by Crippen LogP contribution is -2.63. The summed E-state index contributed by atoms with van der Waals surface area (Å²) in [6.07, 6.45) is 7.81. The van der Waals surface area contributed by atoms with Crippen molar-refractivity contribution >= 4 is 64.8 Å². The SMILES string of the molecule is C[C@]12C=CC(=O)C=C1CC[C@@H]1[C@@H]2[C@@H](O)C[C@@]2(C)[C@H]1C[C@H]1OC(c3ccc(CC4CC5(C4)CC(NC(=O)OCc4ccc(NC(=O)[C@H](CCC(=O)O)NC(=O)CNC(=O)CCC(=O)ON6C(=O)CCC6=O)cc4)C5)cc3)O[C@]12C(=O)CO. The zero-order chi connectivity index (χ0) is 57.6. The van der Waals surface area contributed by atoms with Gasteiger partial charge in [0.15, 0.2) is 23.5 Å². The van der Waals surface area contributed by atoms with Gasteiger partial charge >= 0.3 is 18.0 Å². The maximum absolute atomic E-state index is 14.0. The van der Waals surface area contributed by atoms with Crippen LogP contribution in [0.3, 0.4) is 0 Å². The first kappa shape index (κ1) is 57.1. The number of aliphatic hydroxyl groups excluding tert-OH is 2. The van der Waals surface area contributed by atoms with Gasteiger partial charge in [0.25, 0.3) is 11.8 Å². The lowest BCUT2D eigenvalue weighted by molar-refractivity contribution is -0.201. The van der Waals surface area contributed by atoms with Crippen molar-refractivity contribution in [3.05, 3.63) is 89.0 Å². The third-order valence-electron chi connectivity index (χ3n) is 18.8. The maximum atomic E-state index is 14.0. The standard InChI is InChI=1S/C59H69N5O17/c1-56-20-19-39(66)22-36(56)9-12-40-41-23-45-59(44(68)30-65,57(41,2)28-43(67)52(40)56)80-54(79-45)35-7-3-32(4-8-35)21-34-24-58(25-34)26-38(27-58)62-55(77)78-31-33-5-10-37(11-6-33)61-53(76)42(13-17-50(73)74)63-47(70)29-60-46(69)14-18-51(75)81-64-48(71)15-16-49(64)72/h3-8,10-11,19-20,22,34,38,40-43,45,52,54,65,67H,9,12-18,21,23-31H2,1-2H3,(H,60,69)(H,61,76)(H,62,77)(H,63,70)(H,73,74)/t34?,38?,40-,41-,42-,43-,45+,52+,54?,56-,57-,58?,59+/m0/s1. The fourth-order valence-corrected chi connectivity index (χ4v) is 15.0. The molecule has 7 N–H and O–H groups in total. The lowest BCUT2D eigenvalue weighted by atomic mass is 9.46. The fraction of sp³-hybridized carbons (Fsp3) is 0.559. The summed E-state index contributed by atoms with van der Waals surface area (Å²) in [5, 5.41) is 42.2. The van der Waals surface area contributed by atoms with Crippen LogP contribution in [0.5, 0.6) is 0 Å². The highest BCUT2D eigenvalue weighted by Gasteiger charge is 2.76. The van der Waals surface area contributed by atoms with Gasteiger partial charge in [0.2, 0.25) is 17.7 Å². The van der Waals surface area contributed by atoms with Crippen molar-refractivity contribution in [1.82, 2.24) is 21.0 Å². The third-order valence-corrected chi connectivity index (χ3v) is 18.8. The van der Waals surface area contributed by atoms with E-state index in [0.29, 0.717) is 35.1 Å². The number of ketones is 2. The molecule has 5 saturated carbocycles. The van der Waals surface area contributed by atoms with Gasteiger partial charge in [-0.15, -0.1) is 5.06 Å². The van der Waals surface area contributed by atoms with E-state index in [4.69, 9.17) is 19.0 Å². The van der Waals surface area contributed by atoms with Crippen LogP contribution in [0.25, 0.3) is 0 Å². The molecular formula is C59H69N5O17. The van der Waals surface area contributed by atoms with Gasteiger partial charge in [0.1, 0.15) is 19.3 Å². The molecule has 1 unspecified atom stereocenters. The highest BCUT2D eigenvalue weighted by Crippen LogP contribution is 2.70. The van der Waals surface area contributed by atoms with Crippen molar-refractivity contribution in [3.8, 4) is 0 Å². The van der Waals surface area contributed by atoms with E-state index in [1.54, 1.807) is 36.4 Å². The summed E-state index contributed by atoms with van der Waals surface area (Å²) in [7, 11) is 0. The summed E-state index contributed by atoms with van der Waals surface area (Å²) in [5.41, 5.74) is 1.45. The molecule has 1 spiro atoms. The second-order valence-corrected chi connectivity index (χ2v) is 23.9. The zero-order valence-corrected chi connectivity index (χ0v) is 45.3. The number of hydrogen-bond donors (Lipinski definition) is 7. The van der Waals surface area contributed by atoms with Crippen molar-refractivity contribution in [1.29, 1.82) is 0 Å². The van der Waals surface area contributed by atoms with Gasteiger partial charge < -0.3 is 55.6 Å². The van der Waals surface area contributed by atoms with Crippen LogP contribution >= 0.6 is 0 Å². The molecule has 0 radical (unpaired) electrons. The van der Waals surface area contributed by atoms with Crippen LogP contribution in [-0.2, 0) is 75.2 Å². The number of Topliss-reactive ketones (excluding diaryl/α,β-unsaturated/α-hetero) is 1. The Morgan fingerprint density at radius 1 is 0.852 bits per heavy atom. The first-order valence-corrected chi connectivity index (χ1v) is 28.0. The number of alkyl carbamates (subject to hydrolysis) is 1. The average Bonchev–Trinajstić information content (AvgIpc) is 2.78. The summed E-state index contributed by atoms with van der Waals surface area (Å²) in [4.78, 5) is 128. The number of rotatable bonds is 20. The van der Waals surface area contributed by atoms with Crippen LogP contribution in [0, 0.1) is 39.9 Å². The quantitative estimate of drug-likeness (QED) is 0.0918. The number of nitrogens with one attached hydrogen (secondary N) is 4. The van der Waals surface area contributed by atoms with Crippen molar-refractivity contribution in [2.45, 2.75) is 153 Å². The van der Waals surface area contributed by atoms with E-state index in [2.05, 4.69) is 40.3 Å². The summed E-state index contributed by atoms with van der Waals surface area (Å²) in [6.45, 7) is 2.80. The number of fused-ring (bicyclic) bond motifs is 7. The number of imide groups is 1. The van der Waals surface area contributed by atoms with Crippen molar-refractivity contribution in [2.24, 2.45) is 39.9 Å². The molecule has 2 heterocycles. The lowest BCUT2D eigenvalue weighted by Gasteiger charge is -2.59. The molecule has 432 valence electrons. The summed E-state index contributed by atoms with van der Waals surface area (Å²) >= 11 is 0. The number of carboxylic acids is 1. The second kappa shape index (κ2) is 22.7. The van der Waals surface area contributed by atoms with Gasteiger partial charge in [-0.25, -0.2) is 9.59 Å². The number of carbonyl (C=O) groups is 10. The maximum Gasteiger partial charge on any atom is 0.407 e. The number of ether oxygens (including phenoxy) is 3. The van der Waals surface area contributed by atoms with Crippen LogP contribution in [0.15, 0.2) is 72.3 Å². The number of aliphatic hydroxyl groups is 2. The summed E-state index contributed by atoms with van der Waals surface area (Å²) < 4.78 is 18.9. The number of nitrogens with zero attached hydrogens (tertiary/aromatic N) is 1. The Morgan fingerprint density at radius 2 is 1.56 bits per heavy atom. The van der Waals surface area contributed by atoms with E-state index in [1.807, 2.05) is 25.1 Å². The number of hydrogen-bond acceptors (Lipinski definition) is 16. The first-order chi connectivity index (χ1) is 38.6. The molecule has 6 amide bonds. The fourth-order valence-electron chi connectivity index (χ4n) is 15.0. The second-order valence-electron chi connectivity index (χ2n) is 23.9. The van der Waals surface area contributed by atoms with Gasteiger partial charge in [-0.1, -0.05) is 61.9 Å². The molecule has 2 saturated heterocycles. The van der Waals surface area contributed by atoms with Crippen LogP contribution < -0.4 is 21.3 Å². The molecule has 10 atom stereocenters. The van der Waals surface area contributed by atoms with Crippen molar-refractivity contribution in [3.63, 3.8) is 0 Å². The Hall–Kier alpha value is -7.14. The average molecular weight is 1120 g/mol. The Kier molecular flexibility index (Phi) is 16.0. The minimum absolute atomic E-state index is 0.00542. The third kappa shape index (κ3) is 11.3. The number of carbonyl (C=O) groups excluding carboxylic acids is 9. The largest absolute Gasteiger partial charge is 0.481 e. The zero-order valence-electron chi connectivity index (χ0n) is 45.3. The molecule has 8 aliphatic rings.